The summed E-state index contributed by atoms with van der Waals surface area (Å²) in [5.74, 6) is -0.493. The van der Waals surface area contributed by atoms with Crippen LogP contribution in [0, 0.1) is 5.82 Å². The first-order valence-electron chi connectivity index (χ1n) is 7.51. The van der Waals surface area contributed by atoms with Gasteiger partial charge in [0.25, 0.3) is 0 Å². The lowest BCUT2D eigenvalue weighted by atomic mass is 9.95. The number of methoxy groups -OCH3 is 1. The summed E-state index contributed by atoms with van der Waals surface area (Å²) >= 11 is 6.20. The number of carbonyl (C=O) groups is 1. The van der Waals surface area contributed by atoms with E-state index in [0.717, 1.165) is 0 Å². The summed E-state index contributed by atoms with van der Waals surface area (Å²) < 4.78 is 18.3. The van der Waals surface area contributed by atoms with Gasteiger partial charge in [-0.25, -0.2) is 9.18 Å². The number of aliphatic imine (C=N–C) groups is 1. The van der Waals surface area contributed by atoms with Crippen LogP contribution in [0.2, 0.25) is 5.02 Å². The molecule has 2 heterocycles. The number of benzene rings is 1. The number of nitrogens with zero attached hydrogens (tertiary/aromatic N) is 2. The molecule has 1 aliphatic heterocycles. The second kappa shape index (κ2) is 8.10. The smallest absolute Gasteiger partial charge is 0.338 e. The molecule has 0 amide bonds. The summed E-state index contributed by atoms with van der Waals surface area (Å²) in [7, 11) is 1.30. The number of ether oxygens (including phenoxy) is 1. The highest BCUT2D eigenvalue weighted by Gasteiger charge is 2.31. The fraction of sp³-hybridized carbons (Fsp3) is 0.211. The van der Waals surface area contributed by atoms with E-state index >= 15 is 0 Å². The summed E-state index contributed by atoms with van der Waals surface area (Å²) in [4.78, 5) is 21.1. The maximum atomic E-state index is 13.4. The van der Waals surface area contributed by atoms with E-state index in [2.05, 4.69) is 15.3 Å². The molecule has 0 saturated heterocycles. The van der Waals surface area contributed by atoms with Gasteiger partial charge in [0.1, 0.15) is 17.6 Å². The molecule has 0 bridgehead atoms. The molecule has 1 aromatic carbocycles. The molecule has 1 aromatic heterocycles. The molecule has 136 valence electrons. The zero-order chi connectivity index (χ0) is 18.0. The first kappa shape index (κ1) is 19.6. The van der Waals surface area contributed by atoms with Crippen molar-refractivity contribution in [2.24, 2.45) is 4.99 Å². The lowest BCUT2D eigenvalue weighted by Crippen LogP contribution is -2.33. The number of aromatic nitrogens is 1. The number of hydrogen-bond acceptors (Lipinski definition) is 5. The largest absolute Gasteiger partial charge is 0.466 e. The van der Waals surface area contributed by atoms with Crippen molar-refractivity contribution in [2.45, 2.75) is 20.4 Å². The molecule has 5 nitrogen and oxygen atoms in total. The molecule has 0 fully saturated rings. The zero-order valence-corrected chi connectivity index (χ0v) is 14.3. The number of rotatable bonds is 3. The number of allylic oxidation sites excluding steroid dienone is 1. The van der Waals surface area contributed by atoms with Crippen LogP contribution in [0.3, 0.4) is 0 Å². The van der Waals surface area contributed by atoms with Gasteiger partial charge >= 0.3 is 5.97 Å². The predicted molar refractivity (Wildman–Crippen MR) is 99.5 cm³/mol. The van der Waals surface area contributed by atoms with Gasteiger partial charge in [-0.05, 0) is 31.2 Å². The fourth-order valence-corrected chi connectivity index (χ4v) is 2.90. The van der Waals surface area contributed by atoms with Crippen molar-refractivity contribution < 1.29 is 13.9 Å². The summed E-state index contributed by atoms with van der Waals surface area (Å²) in [6, 6.07) is 8.70. The lowest BCUT2D eigenvalue weighted by Gasteiger charge is -2.26. The molecule has 7 heteroatoms. The Labute approximate surface area is 156 Å². The third kappa shape index (κ3) is 3.75. The Kier molecular flexibility index (Phi) is 6.10. The van der Waals surface area contributed by atoms with E-state index in [1.807, 2.05) is 6.07 Å². The number of halogens is 2. The van der Waals surface area contributed by atoms with Crippen LogP contribution in [0.4, 0.5) is 4.39 Å². The van der Waals surface area contributed by atoms with Crippen LogP contribution in [-0.4, -0.2) is 23.9 Å². The van der Waals surface area contributed by atoms with Crippen molar-refractivity contribution in [3.8, 4) is 0 Å². The highest BCUT2D eigenvalue weighted by Crippen LogP contribution is 2.36. The molecule has 1 atom stereocenters. The molecule has 26 heavy (non-hydrogen) atoms. The standard InChI is InChI=1S/C18H15ClFN3O2.CH4/c1-10-15(18(24)25-2)16(12-7-6-11(20)9-13(12)19)23-17(22-10)14-5-3-4-8-21-14;/h3-9,16H,1-2H3,(H,22,23);1H4. The molecule has 0 radical (unpaired) electrons. The fourth-order valence-electron chi connectivity index (χ4n) is 2.63. The molecule has 0 saturated carbocycles. The van der Waals surface area contributed by atoms with E-state index in [1.54, 1.807) is 25.3 Å². The quantitative estimate of drug-likeness (QED) is 0.822. The Hall–Kier alpha value is -2.73. The van der Waals surface area contributed by atoms with Crippen molar-refractivity contribution in [3.05, 3.63) is 76.0 Å². The minimum Gasteiger partial charge on any atom is -0.466 e. The van der Waals surface area contributed by atoms with E-state index < -0.39 is 17.8 Å². The van der Waals surface area contributed by atoms with Crippen LogP contribution in [0.15, 0.2) is 58.9 Å². The van der Waals surface area contributed by atoms with Crippen LogP contribution in [0.5, 0.6) is 0 Å². The van der Waals surface area contributed by atoms with Gasteiger partial charge in [-0.2, -0.15) is 0 Å². The van der Waals surface area contributed by atoms with Gasteiger partial charge in [0, 0.05) is 22.5 Å². The topological polar surface area (TPSA) is 63.6 Å². The summed E-state index contributed by atoms with van der Waals surface area (Å²) in [6.45, 7) is 1.74. The van der Waals surface area contributed by atoms with Crippen LogP contribution in [0.1, 0.15) is 31.6 Å². The van der Waals surface area contributed by atoms with Crippen molar-refractivity contribution >= 4 is 23.4 Å². The van der Waals surface area contributed by atoms with Gasteiger partial charge < -0.3 is 10.1 Å². The number of amidine groups is 1. The normalized spacial score (nSPS) is 16.3. The summed E-state index contributed by atoms with van der Waals surface area (Å²) in [5.41, 5.74) is 2.02. The second-order valence-corrected chi connectivity index (χ2v) is 5.82. The van der Waals surface area contributed by atoms with Crippen LogP contribution in [-0.2, 0) is 9.53 Å². The van der Waals surface area contributed by atoms with Crippen LogP contribution >= 0.6 is 11.6 Å². The van der Waals surface area contributed by atoms with Crippen LogP contribution in [0.25, 0.3) is 0 Å². The van der Waals surface area contributed by atoms with Gasteiger partial charge in [-0.3, -0.25) is 9.98 Å². The highest BCUT2D eigenvalue weighted by molar-refractivity contribution is 6.31. The van der Waals surface area contributed by atoms with Gasteiger partial charge in [-0.1, -0.05) is 31.2 Å². The minimum atomic E-state index is -0.723. The van der Waals surface area contributed by atoms with Gasteiger partial charge in [-0.15, -0.1) is 0 Å². The van der Waals surface area contributed by atoms with Crippen LogP contribution < -0.4 is 5.32 Å². The molecule has 1 aliphatic rings. The number of nitrogens with one attached hydrogen (secondary N) is 1. The Morgan fingerprint density at radius 3 is 2.69 bits per heavy atom. The number of hydrogen-bond donors (Lipinski definition) is 1. The van der Waals surface area contributed by atoms with Crippen molar-refractivity contribution in [1.29, 1.82) is 0 Å². The summed E-state index contributed by atoms with van der Waals surface area (Å²) in [5, 5.41) is 3.26. The molecule has 1 N–H and O–H groups in total. The Morgan fingerprint density at radius 1 is 1.31 bits per heavy atom. The van der Waals surface area contributed by atoms with E-state index in [-0.39, 0.29) is 12.4 Å². The first-order chi connectivity index (χ1) is 12.0. The van der Waals surface area contributed by atoms with E-state index in [0.29, 0.717) is 28.4 Å². The van der Waals surface area contributed by atoms with Gasteiger partial charge in [0.15, 0.2) is 5.84 Å². The third-order valence-corrected chi connectivity index (χ3v) is 4.14. The third-order valence-electron chi connectivity index (χ3n) is 3.81. The second-order valence-electron chi connectivity index (χ2n) is 5.42. The maximum absolute atomic E-state index is 13.4. The monoisotopic (exact) mass is 375 g/mol. The molecule has 3 rings (SSSR count). The molecular formula is C19H19ClFN3O2. The average Bonchev–Trinajstić information content (AvgIpc) is 2.61. The summed E-state index contributed by atoms with van der Waals surface area (Å²) in [6.07, 6.45) is 1.65. The Bertz CT molecular complexity index is 882. The maximum Gasteiger partial charge on any atom is 0.338 e. The Balaban J connectivity index is 0.00000243. The number of pyridine rings is 1. The minimum absolute atomic E-state index is 0. The highest BCUT2D eigenvalue weighted by atomic mass is 35.5. The van der Waals surface area contributed by atoms with Crippen molar-refractivity contribution in [3.63, 3.8) is 0 Å². The molecule has 1 unspecified atom stereocenters. The van der Waals surface area contributed by atoms with E-state index in [1.165, 1.54) is 25.3 Å². The lowest BCUT2D eigenvalue weighted by molar-refractivity contribution is -0.136. The molecule has 0 aliphatic carbocycles. The predicted octanol–water partition coefficient (Wildman–Crippen LogP) is 4.05. The molecule has 2 aromatic rings. The van der Waals surface area contributed by atoms with Crippen molar-refractivity contribution in [1.82, 2.24) is 10.3 Å². The number of esters is 1. The molecule has 0 spiro atoms. The molecular weight excluding hydrogens is 357 g/mol. The van der Waals surface area contributed by atoms with Gasteiger partial charge in [0.2, 0.25) is 0 Å². The van der Waals surface area contributed by atoms with Crippen molar-refractivity contribution in [2.75, 3.05) is 7.11 Å². The van der Waals surface area contributed by atoms with E-state index in [4.69, 9.17) is 16.3 Å². The number of carbonyl (C=O) groups excluding carboxylic acids is 1. The zero-order valence-electron chi connectivity index (χ0n) is 13.6. The van der Waals surface area contributed by atoms with Gasteiger partial charge in [0.05, 0.1) is 12.7 Å². The average molecular weight is 376 g/mol. The first-order valence-corrected chi connectivity index (χ1v) is 7.89. The Morgan fingerprint density at radius 2 is 2.08 bits per heavy atom. The SMILES string of the molecule is C.COC(=O)C1=C(C)NC(c2ccccn2)=NC1c1ccc(F)cc1Cl. The van der Waals surface area contributed by atoms with E-state index in [9.17, 15) is 9.18 Å².